The van der Waals surface area contributed by atoms with Gasteiger partial charge in [0.2, 0.25) is 0 Å². The quantitative estimate of drug-likeness (QED) is 0.405. The van der Waals surface area contributed by atoms with Crippen molar-refractivity contribution in [2.24, 2.45) is 0 Å². The maximum atomic E-state index is 13.4. The van der Waals surface area contributed by atoms with Crippen molar-refractivity contribution in [3.05, 3.63) is 107 Å². The van der Waals surface area contributed by atoms with Crippen molar-refractivity contribution in [1.82, 2.24) is 4.98 Å². The number of hydrogen-bond acceptors (Lipinski definition) is 5. The first-order chi connectivity index (χ1) is 15.8. The van der Waals surface area contributed by atoms with E-state index in [2.05, 4.69) is 10.3 Å². The Kier molecular flexibility index (Phi) is 6.52. The van der Waals surface area contributed by atoms with Gasteiger partial charge in [0.1, 0.15) is 5.82 Å². The molecule has 4 rings (SSSR count). The Morgan fingerprint density at radius 3 is 2.55 bits per heavy atom. The zero-order valence-electron chi connectivity index (χ0n) is 17.6. The molecule has 6 nitrogen and oxygen atoms in total. The fourth-order valence-electron chi connectivity index (χ4n) is 3.20. The Morgan fingerprint density at radius 1 is 1.03 bits per heavy atom. The molecular formula is C24H20FN3O3S2. The van der Waals surface area contributed by atoms with Crippen molar-refractivity contribution in [2.45, 2.75) is 11.3 Å². The molecule has 0 radical (unpaired) electrons. The number of rotatable bonds is 7. The summed E-state index contributed by atoms with van der Waals surface area (Å²) >= 11 is 1.28. The van der Waals surface area contributed by atoms with Crippen LogP contribution in [0.1, 0.15) is 20.8 Å². The number of hydrogen-bond donors (Lipinski definition) is 1. The number of carbonyl (C=O) groups excluding carboxylic acids is 1. The van der Waals surface area contributed by atoms with Crippen LogP contribution in [-0.2, 0) is 16.4 Å². The van der Waals surface area contributed by atoms with E-state index < -0.39 is 15.9 Å². The van der Waals surface area contributed by atoms with Gasteiger partial charge in [-0.25, -0.2) is 17.8 Å². The molecule has 0 atom stereocenters. The van der Waals surface area contributed by atoms with Crippen LogP contribution in [0.5, 0.6) is 0 Å². The van der Waals surface area contributed by atoms with Crippen LogP contribution in [-0.4, -0.2) is 26.4 Å². The summed E-state index contributed by atoms with van der Waals surface area (Å²) < 4.78 is 40.6. The summed E-state index contributed by atoms with van der Waals surface area (Å²) in [4.78, 5) is 17.8. The number of nitrogens with zero attached hydrogens (tertiary/aromatic N) is 2. The van der Waals surface area contributed by atoms with Gasteiger partial charge in [-0.15, -0.1) is 11.3 Å². The van der Waals surface area contributed by atoms with Crippen LogP contribution in [0.15, 0.2) is 90.0 Å². The number of para-hydroxylation sites is 1. The lowest BCUT2D eigenvalue weighted by atomic mass is 10.1. The van der Waals surface area contributed by atoms with Crippen molar-refractivity contribution in [3.63, 3.8) is 0 Å². The third kappa shape index (κ3) is 5.27. The van der Waals surface area contributed by atoms with Crippen LogP contribution in [0.3, 0.4) is 0 Å². The molecule has 168 valence electrons. The molecule has 1 heterocycles. The van der Waals surface area contributed by atoms with Crippen molar-refractivity contribution >= 4 is 38.1 Å². The topological polar surface area (TPSA) is 79.4 Å². The van der Waals surface area contributed by atoms with E-state index in [4.69, 9.17) is 0 Å². The molecule has 0 aliphatic heterocycles. The average Bonchev–Trinajstić information content (AvgIpc) is 3.25. The molecule has 9 heteroatoms. The molecule has 0 bridgehead atoms. The average molecular weight is 482 g/mol. The monoisotopic (exact) mass is 481 g/mol. The smallest absolute Gasteiger partial charge is 0.264 e. The van der Waals surface area contributed by atoms with Gasteiger partial charge >= 0.3 is 0 Å². The maximum Gasteiger partial charge on any atom is 0.264 e. The molecule has 1 amide bonds. The normalized spacial score (nSPS) is 11.2. The van der Waals surface area contributed by atoms with Gasteiger partial charge in [0, 0.05) is 30.1 Å². The molecule has 4 aromatic rings. The summed E-state index contributed by atoms with van der Waals surface area (Å²) in [6, 6.07) is 20.8. The molecule has 1 aromatic heterocycles. The molecule has 0 saturated carbocycles. The number of nitrogens with one attached hydrogen (secondary N) is 1. The lowest BCUT2D eigenvalue weighted by Crippen LogP contribution is -2.26. The van der Waals surface area contributed by atoms with E-state index >= 15 is 0 Å². The van der Waals surface area contributed by atoms with Crippen LogP contribution in [0.25, 0.3) is 0 Å². The number of anilines is 2. The zero-order valence-corrected chi connectivity index (χ0v) is 19.2. The van der Waals surface area contributed by atoms with Crippen LogP contribution in [0.4, 0.5) is 15.2 Å². The van der Waals surface area contributed by atoms with E-state index in [1.807, 2.05) is 6.07 Å². The molecule has 1 N–H and O–H groups in total. The molecule has 0 aliphatic carbocycles. The lowest BCUT2D eigenvalue weighted by Gasteiger charge is -2.19. The van der Waals surface area contributed by atoms with Crippen LogP contribution in [0.2, 0.25) is 0 Å². The lowest BCUT2D eigenvalue weighted by molar-refractivity contribution is 0.102. The number of sulfonamides is 1. The summed E-state index contributed by atoms with van der Waals surface area (Å²) in [5, 5.41) is 3.08. The molecule has 0 aliphatic rings. The number of aromatic nitrogens is 1. The molecule has 0 spiro atoms. The Bertz CT molecular complexity index is 1390. The second-order valence-electron chi connectivity index (χ2n) is 7.23. The largest absolute Gasteiger partial charge is 0.298 e. The van der Waals surface area contributed by atoms with Crippen molar-refractivity contribution in [2.75, 3.05) is 16.7 Å². The standard InChI is InChI=1S/C24H20FN3O3S2/c1-28(20-10-3-2-4-11-20)33(30,31)22-12-6-8-18(15-22)23(29)27-24-26-16-21(32-24)14-17-7-5-9-19(25)13-17/h2-13,15-16H,14H2,1H3,(H,26,27,29). The van der Waals surface area contributed by atoms with Gasteiger partial charge in [0.25, 0.3) is 15.9 Å². The molecular weight excluding hydrogens is 461 g/mol. The van der Waals surface area contributed by atoms with Crippen LogP contribution < -0.4 is 9.62 Å². The minimum absolute atomic E-state index is 0.00688. The highest BCUT2D eigenvalue weighted by Crippen LogP contribution is 2.24. The highest BCUT2D eigenvalue weighted by molar-refractivity contribution is 7.92. The molecule has 0 saturated heterocycles. The first-order valence-electron chi connectivity index (χ1n) is 9.97. The maximum absolute atomic E-state index is 13.4. The van der Waals surface area contributed by atoms with Crippen molar-refractivity contribution < 1.29 is 17.6 Å². The number of halogens is 1. The summed E-state index contributed by atoms with van der Waals surface area (Å²) in [6.45, 7) is 0. The molecule has 0 unspecified atom stereocenters. The number of thiazole rings is 1. The van der Waals surface area contributed by atoms with E-state index in [1.165, 1.54) is 59.1 Å². The summed E-state index contributed by atoms with van der Waals surface area (Å²) in [5.74, 6) is -0.778. The fraction of sp³-hybridized carbons (Fsp3) is 0.0833. The second-order valence-corrected chi connectivity index (χ2v) is 10.3. The molecule has 33 heavy (non-hydrogen) atoms. The van der Waals surface area contributed by atoms with E-state index in [9.17, 15) is 17.6 Å². The van der Waals surface area contributed by atoms with Crippen LogP contribution >= 0.6 is 11.3 Å². The van der Waals surface area contributed by atoms with Crippen molar-refractivity contribution in [3.8, 4) is 0 Å². The van der Waals surface area contributed by atoms with Gasteiger partial charge in [0.05, 0.1) is 10.6 Å². The SMILES string of the molecule is CN(c1ccccc1)S(=O)(=O)c1cccc(C(=O)Nc2ncc(Cc3cccc(F)c3)s2)c1. The summed E-state index contributed by atoms with van der Waals surface area (Å²) in [7, 11) is -2.38. The number of benzene rings is 3. The fourth-order valence-corrected chi connectivity index (χ4v) is 5.28. The van der Waals surface area contributed by atoms with Gasteiger partial charge in [-0.2, -0.15) is 0 Å². The Labute approximate surface area is 195 Å². The van der Waals surface area contributed by atoms with Gasteiger partial charge in [-0.05, 0) is 48.0 Å². The first kappa shape index (κ1) is 22.6. The highest BCUT2D eigenvalue weighted by Gasteiger charge is 2.22. The summed E-state index contributed by atoms with van der Waals surface area (Å²) in [6.07, 6.45) is 2.12. The van der Waals surface area contributed by atoms with Crippen molar-refractivity contribution in [1.29, 1.82) is 0 Å². The predicted molar refractivity (Wildman–Crippen MR) is 128 cm³/mol. The third-order valence-electron chi connectivity index (χ3n) is 4.92. The Morgan fingerprint density at radius 2 is 1.79 bits per heavy atom. The van der Waals surface area contributed by atoms with E-state index in [-0.39, 0.29) is 16.3 Å². The van der Waals surface area contributed by atoms with E-state index in [0.29, 0.717) is 17.2 Å². The second kappa shape index (κ2) is 9.51. The van der Waals surface area contributed by atoms with Gasteiger partial charge in [0.15, 0.2) is 5.13 Å². The third-order valence-corrected chi connectivity index (χ3v) is 7.61. The summed E-state index contributed by atoms with van der Waals surface area (Å²) in [5.41, 5.74) is 1.51. The molecule has 0 fully saturated rings. The predicted octanol–water partition coefficient (Wildman–Crippen LogP) is 4.95. The Balaban J connectivity index is 1.49. The minimum atomic E-state index is -3.85. The van der Waals surface area contributed by atoms with Gasteiger partial charge in [-0.3, -0.25) is 14.4 Å². The number of amides is 1. The van der Waals surface area contributed by atoms with E-state index in [0.717, 1.165) is 10.4 Å². The highest BCUT2D eigenvalue weighted by atomic mass is 32.2. The first-order valence-corrected chi connectivity index (χ1v) is 12.2. The van der Waals surface area contributed by atoms with Gasteiger partial charge in [-0.1, -0.05) is 36.4 Å². The van der Waals surface area contributed by atoms with Crippen LogP contribution in [0, 0.1) is 5.82 Å². The minimum Gasteiger partial charge on any atom is -0.298 e. The zero-order chi connectivity index (χ0) is 23.4. The molecule has 3 aromatic carbocycles. The van der Waals surface area contributed by atoms with Gasteiger partial charge < -0.3 is 0 Å². The Hall–Kier alpha value is -3.56. The van der Waals surface area contributed by atoms with E-state index in [1.54, 1.807) is 42.6 Å². The number of carbonyl (C=O) groups is 1.